The topological polar surface area (TPSA) is 85.8 Å². The Labute approximate surface area is 123 Å². The maximum Gasteiger partial charge on any atom is 0.317 e. The Balaban J connectivity index is 1.80. The third-order valence-corrected chi connectivity index (χ3v) is 3.41. The molecule has 1 aliphatic heterocycles. The van der Waals surface area contributed by atoms with E-state index in [0.29, 0.717) is 13.1 Å². The Hall–Kier alpha value is -2.31. The Morgan fingerprint density at radius 2 is 2.05 bits per heavy atom. The summed E-state index contributed by atoms with van der Waals surface area (Å²) in [4.78, 5) is 30.5. The number of nitrogens with zero attached hydrogens (tertiary/aromatic N) is 3. The molecule has 7 heteroatoms. The van der Waals surface area contributed by atoms with E-state index < -0.39 is 5.97 Å². The Bertz CT molecular complexity index is 513. The molecule has 0 spiro atoms. The summed E-state index contributed by atoms with van der Waals surface area (Å²) < 4.78 is 0. The molecule has 0 bridgehead atoms. The number of carboxylic acid groups (broad SMARTS) is 1. The van der Waals surface area contributed by atoms with Crippen LogP contribution in [0.1, 0.15) is 12.0 Å². The fraction of sp³-hybridized carbons (Fsp3) is 0.500. The molecule has 1 fully saturated rings. The zero-order valence-electron chi connectivity index (χ0n) is 12.1. The number of aliphatic carboxylic acids is 1. The minimum Gasteiger partial charge on any atom is -0.481 e. The molecule has 114 valence electrons. The van der Waals surface area contributed by atoms with Gasteiger partial charge in [-0.1, -0.05) is 0 Å². The van der Waals surface area contributed by atoms with Crippen molar-refractivity contribution in [1.82, 2.24) is 15.2 Å². The molecule has 0 unspecified atom stereocenters. The molecule has 2 N–H and O–H groups in total. The molecule has 2 rings (SSSR count). The van der Waals surface area contributed by atoms with Gasteiger partial charge in [0.2, 0.25) is 0 Å². The van der Waals surface area contributed by atoms with E-state index in [4.69, 9.17) is 5.11 Å². The van der Waals surface area contributed by atoms with Gasteiger partial charge in [-0.25, -0.2) is 9.78 Å². The van der Waals surface area contributed by atoms with E-state index in [1.165, 1.54) is 0 Å². The fourth-order valence-corrected chi connectivity index (χ4v) is 2.22. The minimum atomic E-state index is -0.911. The van der Waals surface area contributed by atoms with E-state index in [-0.39, 0.29) is 19.0 Å². The molecular formula is C14H20N4O3. The van der Waals surface area contributed by atoms with Gasteiger partial charge in [-0.05, 0) is 24.6 Å². The number of urea groups is 1. The number of aryl methyl sites for hydroxylation is 1. The van der Waals surface area contributed by atoms with Crippen molar-refractivity contribution < 1.29 is 14.7 Å². The molecule has 1 aromatic rings. The number of hydrogen-bond donors (Lipinski definition) is 2. The molecule has 7 nitrogen and oxygen atoms in total. The second-order valence-corrected chi connectivity index (χ2v) is 5.04. The number of aromatic nitrogens is 1. The number of nitrogens with one attached hydrogen (secondary N) is 1. The summed E-state index contributed by atoms with van der Waals surface area (Å²) in [6.45, 7) is 4.85. The van der Waals surface area contributed by atoms with Crippen LogP contribution in [0.5, 0.6) is 0 Å². The first-order valence-corrected chi connectivity index (χ1v) is 6.98. The lowest BCUT2D eigenvalue weighted by molar-refractivity contribution is -0.136. The molecule has 1 aliphatic rings. The quantitative estimate of drug-likeness (QED) is 0.853. The molecule has 21 heavy (non-hydrogen) atoms. The number of rotatable bonds is 4. The van der Waals surface area contributed by atoms with E-state index in [1.807, 2.05) is 19.1 Å². The van der Waals surface area contributed by atoms with Crippen molar-refractivity contribution in [2.24, 2.45) is 0 Å². The number of amides is 2. The number of carbonyl (C=O) groups is 2. The van der Waals surface area contributed by atoms with Gasteiger partial charge in [0, 0.05) is 38.9 Å². The first kappa shape index (κ1) is 15.1. The monoisotopic (exact) mass is 292 g/mol. The van der Waals surface area contributed by atoms with Crippen molar-refractivity contribution in [3.05, 3.63) is 23.9 Å². The van der Waals surface area contributed by atoms with Gasteiger partial charge in [0.15, 0.2) is 0 Å². The molecule has 2 amide bonds. The minimum absolute atomic E-state index is 0.0566. The summed E-state index contributed by atoms with van der Waals surface area (Å²) in [5.74, 6) is 0.0200. The Morgan fingerprint density at radius 3 is 2.67 bits per heavy atom. The van der Waals surface area contributed by atoms with Crippen molar-refractivity contribution in [1.29, 1.82) is 0 Å². The number of hydrogen-bond acceptors (Lipinski definition) is 4. The number of pyridine rings is 1. The SMILES string of the molecule is Cc1ccnc(N2CCN(C(=O)NCCC(=O)O)CC2)c1. The van der Waals surface area contributed by atoms with E-state index in [0.717, 1.165) is 24.5 Å². The van der Waals surface area contributed by atoms with Crippen LogP contribution in [0.15, 0.2) is 18.3 Å². The van der Waals surface area contributed by atoms with E-state index in [2.05, 4.69) is 15.2 Å². The third kappa shape index (κ3) is 4.34. The Kier molecular flexibility index (Phi) is 4.97. The normalized spacial score (nSPS) is 14.9. The maximum atomic E-state index is 11.9. The molecule has 2 heterocycles. The van der Waals surface area contributed by atoms with Crippen LogP contribution >= 0.6 is 0 Å². The lowest BCUT2D eigenvalue weighted by atomic mass is 10.2. The highest BCUT2D eigenvalue weighted by molar-refractivity contribution is 5.75. The summed E-state index contributed by atoms with van der Waals surface area (Å²) in [6, 6.07) is 3.78. The van der Waals surface area contributed by atoms with Crippen LogP contribution in [0, 0.1) is 6.92 Å². The van der Waals surface area contributed by atoms with Crippen LogP contribution in [0.4, 0.5) is 10.6 Å². The van der Waals surface area contributed by atoms with Crippen LogP contribution in [0.2, 0.25) is 0 Å². The summed E-state index contributed by atoms with van der Waals surface area (Å²) in [5.41, 5.74) is 1.16. The van der Waals surface area contributed by atoms with Crippen LogP contribution in [0.25, 0.3) is 0 Å². The first-order chi connectivity index (χ1) is 10.1. The molecule has 1 aromatic heterocycles. The summed E-state index contributed by atoms with van der Waals surface area (Å²) in [6.07, 6.45) is 1.73. The predicted molar refractivity (Wildman–Crippen MR) is 78.4 cm³/mol. The van der Waals surface area contributed by atoms with E-state index in [1.54, 1.807) is 11.1 Å². The van der Waals surface area contributed by atoms with Gasteiger partial charge in [-0.2, -0.15) is 0 Å². The lowest BCUT2D eigenvalue weighted by Crippen LogP contribution is -2.52. The largest absolute Gasteiger partial charge is 0.481 e. The predicted octanol–water partition coefficient (Wildman–Crippen LogP) is 0.696. The molecule has 0 saturated carbocycles. The average Bonchev–Trinajstić information content (AvgIpc) is 2.47. The van der Waals surface area contributed by atoms with Gasteiger partial charge in [0.1, 0.15) is 5.82 Å². The van der Waals surface area contributed by atoms with Gasteiger partial charge in [-0.3, -0.25) is 4.79 Å². The molecule has 0 aliphatic carbocycles. The summed E-state index contributed by atoms with van der Waals surface area (Å²) in [7, 11) is 0. The molecule has 0 aromatic carbocycles. The van der Waals surface area contributed by atoms with Crippen LogP contribution in [-0.2, 0) is 4.79 Å². The van der Waals surface area contributed by atoms with Gasteiger partial charge < -0.3 is 20.2 Å². The van der Waals surface area contributed by atoms with Gasteiger partial charge >= 0.3 is 12.0 Å². The molecule has 0 radical (unpaired) electrons. The van der Waals surface area contributed by atoms with Crippen LogP contribution in [-0.4, -0.2) is 59.7 Å². The maximum absolute atomic E-state index is 11.9. The average molecular weight is 292 g/mol. The standard InChI is InChI=1S/C14H20N4O3/c1-11-2-4-15-12(10-11)17-6-8-18(9-7-17)14(21)16-5-3-13(19)20/h2,4,10H,3,5-9H2,1H3,(H,16,21)(H,19,20). The zero-order valence-corrected chi connectivity index (χ0v) is 12.1. The number of piperazine rings is 1. The van der Waals surface area contributed by atoms with Crippen LogP contribution < -0.4 is 10.2 Å². The number of carboxylic acids is 1. The van der Waals surface area contributed by atoms with Crippen molar-refractivity contribution in [3.8, 4) is 0 Å². The molecule has 1 saturated heterocycles. The summed E-state index contributed by atoms with van der Waals surface area (Å²) >= 11 is 0. The second kappa shape index (κ2) is 6.92. The van der Waals surface area contributed by atoms with E-state index >= 15 is 0 Å². The molecular weight excluding hydrogens is 272 g/mol. The zero-order chi connectivity index (χ0) is 15.2. The van der Waals surface area contributed by atoms with Crippen molar-refractivity contribution in [2.45, 2.75) is 13.3 Å². The third-order valence-electron chi connectivity index (χ3n) is 3.41. The molecule has 0 atom stereocenters. The second-order valence-electron chi connectivity index (χ2n) is 5.04. The number of anilines is 1. The fourth-order valence-electron chi connectivity index (χ4n) is 2.22. The Morgan fingerprint density at radius 1 is 1.33 bits per heavy atom. The van der Waals surface area contributed by atoms with Crippen molar-refractivity contribution in [2.75, 3.05) is 37.6 Å². The highest BCUT2D eigenvalue weighted by atomic mass is 16.4. The van der Waals surface area contributed by atoms with Gasteiger partial charge in [-0.15, -0.1) is 0 Å². The van der Waals surface area contributed by atoms with Crippen molar-refractivity contribution in [3.63, 3.8) is 0 Å². The highest BCUT2D eigenvalue weighted by Gasteiger charge is 2.21. The van der Waals surface area contributed by atoms with Crippen molar-refractivity contribution >= 4 is 17.8 Å². The first-order valence-electron chi connectivity index (χ1n) is 6.98. The highest BCUT2D eigenvalue weighted by Crippen LogP contribution is 2.14. The van der Waals surface area contributed by atoms with Gasteiger partial charge in [0.05, 0.1) is 6.42 Å². The number of carbonyl (C=O) groups excluding carboxylic acids is 1. The van der Waals surface area contributed by atoms with E-state index in [9.17, 15) is 9.59 Å². The smallest absolute Gasteiger partial charge is 0.317 e. The van der Waals surface area contributed by atoms with Crippen LogP contribution in [0.3, 0.4) is 0 Å². The summed E-state index contributed by atoms with van der Waals surface area (Å²) in [5, 5.41) is 11.2. The van der Waals surface area contributed by atoms with Gasteiger partial charge in [0.25, 0.3) is 0 Å². The lowest BCUT2D eigenvalue weighted by Gasteiger charge is -2.35.